The van der Waals surface area contributed by atoms with E-state index in [4.69, 9.17) is 10.8 Å². The third-order valence-electron chi connectivity index (χ3n) is 5.07. The molecule has 1 aromatic carbocycles. The van der Waals surface area contributed by atoms with Gasteiger partial charge in [0, 0.05) is 19.2 Å². The summed E-state index contributed by atoms with van der Waals surface area (Å²) in [5.41, 5.74) is 7.57. The molecule has 156 valence electrons. The predicted molar refractivity (Wildman–Crippen MR) is 111 cm³/mol. The second kappa shape index (κ2) is 12.1. The molecule has 2 rings (SSSR count). The van der Waals surface area contributed by atoms with Crippen LogP contribution in [0.1, 0.15) is 51.0 Å². The molecule has 3 N–H and O–H groups in total. The van der Waals surface area contributed by atoms with E-state index in [0.717, 1.165) is 37.9 Å². The van der Waals surface area contributed by atoms with Crippen molar-refractivity contribution < 1.29 is 19.5 Å². The van der Waals surface area contributed by atoms with Gasteiger partial charge in [0.05, 0.1) is 6.54 Å². The van der Waals surface area contributed by atoms with Crippen LogP contribution < -0.4 is 10.6 Å². The highest BCUT2D eigenvalue weighted by atomic mass is 16.4. The minimum absolute atomic E-state index is 0.103. The Morgan fingerprint density at radius 2 is 1.82 bits per heavy atom. The van der Waals surface area contributed by atoms with Crippen molar-refractivity contribution in [3.8, 4) is 0 Å². The second-order valence-electron chi connectivity index (χ2n) is 6.81. The Morgan fingerprint density at radius 3 is 2.29 bits per heavy atom. The quantitative estimate of drug-likeness (QED) is 0.626. The van der Waals surface area contributed by atoms with Crippen LogP contribution in [0.2, 0.25) is 0 Å². The molecule has 7 nitrogen and oxygen atoms in total. The van der Waals surface area contributed by atoms with Gasteiger partial charge in [-0.25, -0.2) is 0 Å². The third kappa shape index (κ3) is 6.96. The summed E-state index contributed by atoms with van der Waals surface area (Å²) in [6, 6.07) is 7.54. The van der Waals surface area contributed by atoms with Gasteiger partial charge < -0.3 is 20.5 Å². The van der Waals surface area contributed by atoms with Gasteiger partial charge in [0.2, 0.25) is 5.91 Å². The number of likely N-dealkylation sites (N-methyl/N-ethyl adjacent to an activating group) is 1. The lowest BCUT2D eigenvalue weighted by Gasteiger charge is -2.31. The molecule has 1 aliphatic rings. The Kier molecular flexibility index (Phi) is 10.2. The van der Waals surface area contributed by atoms with Gasteiger partial charge in [0.25, 0.3) is 0 Å². The van der Waals surface area contributed by atoms with E-state index in [0.29, 0.717) is 18.8 Å². The summed E-state index contributed by atoms with van der Waals surface area (Å²) in [4.78, 5) is 36.8. The van der Waals surface area contributed by atoms with Gasteiger partial charge >= 0.3 is 5.97 Å². The van der Waals surface area contributed by atoms with Crippen LogP contribution in [0.3, 0.4) is 0 Å². The number of hydrogen-bond donors (Lipinski definition) is 2. The number of benzene rings is 1. The molecule has 0 aliphatic carbocycles. The first-order valence-electron chi connectivity index (χ1n) is 9.92. The van der Waals surface area contributed by atoms with Crippen molar-refractivity contribution in [2.45, 2.75) is 51.5 Å². The Balaban J connectivity index is 0.00000190. The van der Waals surface area contributed by atoms with E-state index >= 15 is 0 Å². The number of piperidine rings is 1. The molecule has 28 heavy (non-hydrogen) atoms. The molecular weight excluding hydrogens is 358 g/mol. The number of aldehydes is 1. The van der Waals surface area contributed by atoms with Crippen LogP contribution in [0.4, 0.5) is 5.69 Å². The van der Waals surface area contributed by atoms with E-state index in [1.807, 2.05) is 35.8 Å². The minimum Gasteiger partial charge on any atom is -0.480 e. The number of carboxylic acid groups (broad SMARTS) is 1. The molecule has 1 aromatic rings. The number of carbonyl (C=O) groups is 3. The summed E-state index contributed by atoms with van der Waals surface area (Å²) in [5, 5.41) is 8.87. The topological polar surface area (TPSA) is 104 Å². The predicted octanol–water partition coefficient (Wildman–Crippen LogP) is 2.25. The average Bonchev–Trinajstić information content (AvgIpc) is 2.70. The number of likely N-dealkylation sites (tertiary alicyclic amines) is 1. The highest BCUT2D eigenvalue weighted by Crippen LogP contribution is 2.29. The van der Waals surface area contributed by atoms with Gasteiger partial charge in [-0.2, -0.15) is 0 Å². The first-order valence-corrected chi connectivity index (χ1v) is 9.92. The maximum atomic E-state index is 11.7. The summed E-state index contributed by atoms with van der Waals surface area (Å²) in [7, 11) is 1.81. The number of nitrogens with zero attached hydrogens (tertiary/aromatic N) is 2. The molecule has 1 unspecified atom stereocenters. The largest absolute Gasteiger partial charge is 0.480 e. The molecule has 1 aliphatic heterocycles. The zero-order valence-corrected chi connectivity index (χ0v) is 17.1. The van der Waals surface area contributed by atoms with E-state index < -0.39 is 17.9 Å². The fourth-order valence-electron chi connectivity index (χ4n) is 3.53. The number of anilines is 1. The average molecular weight is 392 g/mol. The maximum Gasteiger partial charge on any atom is 0.317 e. The third-order valence-corrected chi connectivity index (χ3v) is 5.07. The second-order valence-corrected chi connectivity index (χ2v) is 6.81. The number of nitrogens with two attached hydrogens (primary N) is 1. The van der Waals surface area contributed by atoms with Crippen molar-refractivity contribution in [3.63, 3.8) is 0 Å². The van der Waals surface area contributed by atoms with Crippen molar-refractivity contribution in [1.29, 1.82) is 0 Å². The lowest BCUT2D eigenvalue weighted by atomic mass is 9.89. The lowest BCUT2D eigenvalue weighted by Crippen LogP contribution is -2.42. The van der Waals surface area contributed by atoms with Crippen molar-refractivity contribution in [2.24, 2.45) is 5.73 Å². The fraction of sp³-hybridized carbons (Fsp3) is 0.571. The summed E-state index contributed by atoms with van der Waals surface area (Å²) in [6.45, 7) is 5.67. The first-order chi connectivity index (χ1) is 13.4. The Bertz CT molecular complexity index is 625. The van der Waals surface area contributed by atoms with Crippen molar-refractivity contribution >= 4 is 23.9 Å². The smallest absolute Gasteiger partial charge is 0.317 e. The lowest BCUT2D eigenvalue weighted by molar-refractivity contribution is -0.138. The van der Waals surface area contributed by atoms with Gasteiger partial charge in [0.15, 0.2) is 0 Å². The van der Waals surface area contributed by atoms with Crippen LogP contribution >= 0.6 is 0 Å². The summed E-state index contributed by atoms with van der Waals surface area (Å²) < 4.78 is 0. The molecule has 1 atom stereocenters. The number of hydrogen-bond acceptors (Lipinski definition) is 5. The molecule has 1 amide bonds. The Hall–Kier alpha value is -2.41. The highest BCUT2D eigenvalue weighted by Gasteiger charge is 2.23. The van der Waals surface area contributed by atoms with Crippen molar-refractivity contribution in [3.05, 3.63) is 29.8 Å². The van der Waals surface area contributed by atoms with E-state index in [1.54, 1.807) is 7.05 Å². The monoisotopic (exact) mass is 391 g/mol. The van der Waals surface area contributed by atoms with E-state index in [2.05, 4.69) is 12.1 Å². The number of amides is 1. The fourth-order valence-corrected chi connectivity index (χ4v) is 3.53. The van der Waals surface area contributed by atoms with Crippen LogP contribution in [0.15, 0.2) is 24.3 Å². The molecule has 1 fully saturated rings. The summed E-state index contributed by atoms with van der Waals surface area (Å²) in [5.74, 6) is -0.806. The van der Waals surface area contributed by atoms with Crippen LogP contribution in [0, 0.1) is 0 Å². The van der Waals surface area contributed by atoms with Crippen LogP contribution in [-0.2, 0) is 14.4 Å². The molecule has 0 spiro atoms. The van der Waals surface area contributed by atoms with Gasteiger partial charge in [0.1, 0.15) is 12.3 Å². The van der Waals surface area contributed by atoms with E-state index in [9.17, 15) is 14.4 Å². The normalized spacial score (nSPS) is 15.8. The zero-order valence-electron chi connectivity index (χ0n) is 17.1. The maximum absolute atomic E-state index is 11.7. The summed E-state index contributed by atoms with van der Waals surface area (Å²) in [6.07, 6.45) is 3.37. The van der Waals surface area contributed by atoms with E-state index in [1.165, 1.54) is 5.56 Å². The highest BCUT2D eigenvalue weighted by molar-refractivity contribution is 5.83. The molecule has 0 radical (unpaired) electrons. The SMILES string of the molecule is CC.CN(c1ccc(C2CCN(CC(=O)O)CC2)cc1)C(CCC=O)C(N)=O. The Labute approximate surface area is 167 Å². The molecule has 7 heteroatoms. The van der Waals surface area contributed by atoms with Gasteiger partial charge in [-0.05, 0) is 56.0 Å². The number of rotatable bonds is 9. The molecular formula is C21H33N3O4. The van der Waals surface area contributed by atoms with Crippen LogP contribution in [0.25, 0.3) is 0 Å². The number of carboxylic acids is 1. The Morgan fingerprint density at radius 1 is 1.25 bits per heavy atom. The van der Waals surface area contributed by atoms with Crippen molar-refractivity contribution in [2.75, 3.05) is 31.6 Å². The van der Waals surface area contributed by atoms with Gasteiger partial charge in [-0.1, -0.05) is 26.0 Å². The number of primary amides is 1. The standard InChI is InChI=1S/C19H27N3O4.C2H6/c1-21(17(19(20)26)3-2-12-23)16-6-4-14(5-7-16)15-8-10-22(11-9-15)13-18(24)25;1-2/h4-7,12,15,17H,2-3,8-11,13H2,1H3,(H2,20,26)(H,24,25);1-2H3. The molecule has 1 heterocycles. The van der Waals surface area contributed by atoms with Crippen molar-refractivity contribution in [1.82, 2.24) is 4.90 Å². The molecule has 0 aromatic heterocycles. The van der Waals surface area contributed by atoms with E-state index in [-0.39, 0.29) is 6.54 Å². The molecule has 0 saturated carbocycles. The van der Waals surface area contributed by atoms with Gasteiger partial charge in [-0.15, -0.1) is 0 Å². The zero-order chi connectivity index (χ0) is 21.1. The van der Waals surface area contributed by atoms with Gasteiger partial charge in [-0.3, -0.25) is 14.5 Å². The first kappa shape index (κ1) is 23.6. The van der Waals surface area contributed by atoms with Crippen LogP contribution in [0.5, 0.6) is 0 Å². The number of aliphatic carboxylic acids is 1. The molecule has 0 bridgehead atoms. The summed E-state index contributed by atoms with van der Waals surface area (Å²) >= 11 is 0. The minimum atomic E-state index is -0.783. The van der Waals surface area contributed by atoms with Crippen LogP contribution in [-0.4, -0.2) is 60.9 Å². The molecule has 1 saturated heterocycles. The number of carbonyl (C=O) groups excluding carboxylic acids is 2.